The molecule has 3 atom stereocenters. The van der Waals surface area contributed by atoms with E-state index < -0.39 is 35.4 Å². The predicted molar refractivity (Wildman–Crippen MR) is 126 cm³/mol. The van der Waals surface area contributed by atoms with Crippen LogP contribution in [0.5, 0.6) is 0 Å². The maximum absolute atomic E-state index is 13.5. The minimum Gasteiger partial charge on any atom is -0.467 e. The molecule has 3 aliphatic rings. The second kappa shape index (κ2) is 8.83. The zero-order valence-electron chi connectivity index (χ0n) is 20.7. The third-order valence-corrected chi connectivity index (χ3v) is 6.93. The molecule has 3 aliphatic heterocycles. The Labute approximate surface area is 203 Å². The Kier molecular flexibility index (Phi) is 6.16. The molecule has 0 unspecified atom stereocenters. The molecule has 1 aromatic carbocycles. The quantitative estimate of drug-likeness (QED) is 0.458. The van der Waals surface area contributed by atoms with Gasteiger partial charge in [0.05, 0.1) is 38.4 Å². The van der Waals surface area contributed by atoms with Crippen molar-refractivity contribution in [1.82, 2.24) is 4.90 Å². The van der Waals surface area contributed by atoms with Gasteiger partial charge < -0.3 is 19.1 Å². The molecular weight excluding hydrogens is 454 g/mol. The van der Waals surface area contributed by atoms with Crippen molar-refractivity contribution >= 4 is 35.3 Å². The summed E-state index contributed by atoms with van der Waals surface area (Å²) in [6, 6.07) is 5.74. The molecule has 0 aromatic heterocycles. The fourth-order valence-corrected chi connectivity index (χ4v) is 5.61. The van der Waals surface area contributed by atoms with Crippen LogP contribution >= 0.6 is 0 Å². The molecule has 0 saturated carbocycles. The summed E-state index contributed by atoms with van der Waals surface area (Å²) in [5.41, 5.74) is 0.286. The average molecular weight is 484 g/mol. The molecule has 186 valence electrons. The van der Waals surface area contributed by atoms with Gasteiger partial charge in [-0.05, 0) is 24.0 Å². The third-order valence-electron chi connectivity index (χ3n) is 6.93. The minimum absolute atomic E-state index is 0.0112. The smallest absolute Gasteiger partial charge is 0.357 e. The van der Waals surface area contributed by atoms with E-state index in [1.54, 1.807) is 7.05 Å². The molecule has 0 bridgehead atoms. The summed E-state index contributed by atoms with van der Waals surface area (Å²) in [6.07, 6.45) is 0.287. The average Bonchev–Trinajstić information content (AvgIpc) is 3.32. The first kappa shape index (κ1) is 24.4. The molecular formula is C25H29N3O7. The Bertz CT molecular complexity index is 1170. The van der Waals surface area contributed by atoms with Crippen LogP contribution in [-0.2, 0) is 38.8 Å². The fraction of sp³-hybridized carbons (Fsp3) is 0.480. The number of likely N-dealkylation sites (N-methyl/N-ethyl adjacent to an activating group) is 1. The van der Waals surface area contributed by atoms with E-state index in [9.17, 15) is 19.2 Å². The standard InChI is InChI=1S/C25H29N3O7/c1-13(2)11-17(29)28-16(21(30)33-4)12-25-14-9-7-8-10-15(14)27(3)20(25)18(22(31)34-5)19(23(32)35-6)26-24(25)28/h7-10,13,16,20H,11-12H2,1-6H3/t16-,20-,25-/m0/s1. The summed E-state index contributed by atoms with van der Waals surface area (Å²) in [7, 11) is 5.47. The van der Waals surface area contributed by atoms with E-state index in [4.69, 9.17) is 14.2 Å². The fourth-order valence-electron chi connectivity index (χ4n) is 5.61. The van der Waals surface area contributed by atoms with E-state index in [0.717, 1.165) is 11.3 Å². The molecule has 1 amide bonds. The maximum atomic E-state index is 13.5. The molecule has 0 radical (unpaired) electrons. The lowest BCUT2D eigenvalue weighted by Crippen LogP contribution is -2.55. The van der Waals surface area contributed by atoms with Crippen molar-refractivity contribution in [2.45, 2.75) is 44.2 Å². The summed E-state index contributed by atoms with van der Waals surface area (Å²) in [5.74, 6) is -2.25. The molecule has 0 aliphatic carbocycles. The highest BCUT2D eigenvalue weighted by Crippen LogP contribution is 2.57. The van der Waals surface area contributed by atoms with Crippen molar-refractivity contribution < 1.29 is 33.4 Å². The van der Waals surface area contributed by atoms with Crippen LogP contribution in [0.3, 0.4) is 0 Å². The summed E-state index contributed by atoms with van der Waals surface area (Å²) < 4.78 is 15.1. The maximum Gasteiger partial charge on any atom is 0.357 e. The van der Waals surface area contributed by atoms with E-state index in [0.29, 0.717) is 0 Å². The molecule has 10 nitrogen and oxygen atoms in total. The van der Waals surface area contributed by atoms with Crippen LogP contribution < -0.4 is 4.90 Å². The molecule has 1 fully saturated rings. The lowest BCUT2D eigenvalue weighted by molar-refractivity contribution is -0.149. The van der Waals surface area contributed by atoms with Gasteiger partial charge in [0, 0.05) is 19.2 Å². The monoisotopic (exact) mass is 483 g/mol. The summed E-state index contributed by atoms with van der Waals surface area (Å²) in [6.45, 7) is 3.80. The Morgan fingerprint density at radius 2 is 1.71 bits per heavy atom. The van der Waals surface area contributed by atoms with Crippen LogP contribution in [0.1, 0.15) is 32.3 Å². The van der Waals surface area contributed by atoms with Crippen LogP contribution in [0, 0.1) is 5.92 Å². The number of esters is 3. The van der Waals surface area contributed by atoms with Gasteiger partial charge in [0.15, 0.2) is 5.70 Å². The first-order chi connectivity index (χ1) is 16.6. The number of amidine groups is 1. The topological polar surface area (TPSA) is 115 Å². The largest absolute Gasteiger partial charge is 0.467 e. The highest BCUT2D eigenvalue weighted by Gasteiger charge is 2.67. The molecule has 1 spiro atoms. The molecule has 3 heterocycles. The van der Waals surface area contributed by atoms with Crippen LogP contribution in [-0.4, -0.2) is 75.0 Å². The van der Waals surface area contributed by atoms with Crippen LogP contribution in [0.2, 0.25) is 0 Å². The lowest BCUT2D eigenvalue weighted by Gasteiger charge is -2.39. The Morgan fingerprint density at radius 1 is 1.06 bits per heavy atom. The highest BCUT2D eigenvalue weighted by atomic mass is 16.5. The Morgan fingerprint density at radius 3 is 2.31 bits per heavy atom. The number of hydrogen-bond donors (Lipinski definition) is 0. The number of carbonyl (C=O) groups is 4. The van der Waals surface area contributed by atoms with E-state index in [1.807, 2.05) is 43.0 Å². The number of carbonyl (C=O) groups excluding carboxylic acids is 4. The number of hydrogen-bond acceptors (Lipinski definition) is 9. The third kappa shape index (κ3) is 3.42. The second-order valence-corrected chi connectivity index (χ2v) is 9.29. The molecule has 4 rings (SSSR count). The lowest BCUT2D eigenvalue weighted by atomic mass is 9.69. The molecule has 1 aromatic rings. The van der Waals surface area contributed by atoms with Crippen molar-refractivity contribution in [1.29, 1.82) is 0 Å². The van der Waals surface area contributed by atoms with Crippen molar-refractivity contribution in [3.05, 3.63) is 41.1 Å². The summed E-state index contributed by atoms with van der Waals surface area (Å²) in [5, 5.41) is 0. The zero-order valence-corrected chi connectivity index (χ0v) is 20.7. The van der Waals surface area contributed by atoms with Crippen molar-refractivity contribution in [3.8, 4) is 0 Å². The number of fused-ring (bicyclic) bond motifs is 1. The number of rotatable bonds is 5. The van der Waals surface area contributed by atoms with Crippen molar-refractivity contribution in [2.75, 3.05) is 33.3 Å². The first-order valence-electron chi connectivity index (χ1n) is 11.4. The number of methoxy groups -OCH3 is 3. The van der Waals surface area contributed by atoms with E-state index in [2.05, 4.69) is 4.99 Å². The molecule has 35 heavy (non-hydrogen) atoms. The van der Waals surface area contributed by atoms with Gasteiger partial charge in [-0.25, -0.2) is 19.4 Å². The van der Waals surface area contributed by atoms with Crippen LogP contribution in [0.25, 0.3) is 0 Å². The van der Waals surface area contributed by atoms with E-state index in [-0.39, 0.29) is 41.8 Å². The highest BCUT2D eigenvalue weighted by molar-refractivity contribution is 6.17. The molecule has 0 N–H and O–H groups in total. The summed E-state index contributed by atoms with van der Waals surface area (Å²) >= 11 is 0. The van der Waals surface area contributed by atoms with Crippen LogP contribution in [0.15, 0.2) is 40.5 Å². The van der Waals surface area contributed by atoms with Gasteiger partial charge >= 0.3 is 17.9 Å². The Balaban J connectivity index is 2.07. The molecule has 10 heteroatoms. The number of amides is 1. The van der Waals surface area contributed by atoms with Gasteiger partial charge in [-0.1, -0.05) is 32.0 Å². The summed E-state index contributed by atoms with van der Waals surface area (Å²) in [4.78, 5) is 60.3. The predicted octanol–water partition coefficient (Wildman–Crippen LogP) is 1.57. The first-order valence-corrected chi connectivity index (χ1v) is 11.4. The molecule has 1 saturated heterocycles. The van der Waals surface area contributed by atoms with E-state index in [1.165, 1.54) is 26.2 Å². The van der Waals surface area contributed by atoms with Gasteiger partial charge in [0.1, 0.15) is 11.9 Å². The SMILES string of the molecule is COC(=O)C1=C(C(=O)OC)[C@@H]2N(C)c3ccccc3[C@@]23C[C@@H](C(=O)OC)N(C(=O)CC(C)C)C3=N1. The van der Waals surface area contributed by atoms with Gasteiger partial charge in [-0.2, -0.15) is 0 Å². The number of ether oxygens (including phenoxy) is 3. The minimum atomic E-state index is -1.07. The van der Waals surface area contributed by atoms with Crippen LogP contribution in [0.4, 0.5) is 5.69 Å². The van der Waals surface area contributed by atoms with E-state index >= 15 is 0 Å². The number of benzene rings is 1. The number of anilines is 1. The van der Waals surface area contributed by atoms with Gasteiger partial charge in [-0.15, -0.1) is 0 Å². The van der Waals surface area contributed by atoms with Gasteiger partial charge in [0.2, 0.25) is 5.91 Å². The zero-order chi connectivity index (χ0) is 25.7. The number of aliphatic imine (C=N–C) groups is 1. The second-order valence-electron chi connectivity index (χ2n) is 9.29. The van der Waals surface area contributed by atoms with Crippen molar-refractivity contribution in [3.63, 3.8) is 0 Å². The number of para-hydroxylation sites is 1. The van der Waals surface area contributed by atoms with Gasteiger partial charge in [-0.3, -0.25) is 9.69 Å². The Hall–Kier alpha value is -3.69. The van der Waals surface area contributed by atoms with Crippen molar-refractivity contribution in [2.24, 2.45) is 10.9 Å². The number of likely N-dealkylation sites (tertiary alicyclic amines) is 1. The normalized spacial score (nSPS) is 24.5. The van der Waals surface area contributed by atoms with Gasteiger partial charge in [0.25, 0.3) is 0 Å². The number of nitrogens with zero attached hydrogens (tertiary/aromatic N) is 3.